The van der Waals surface area contributed by atoms with Crippen molar-refractivity contribution in [1.82, 2.24) is 4.98 Å². The fourth-order valence-corrected chi connectivity index (χ4v) is 1.74. The summed E-state index contributed by atoms with van der Waals surface area (Å²) < 4.78 is 0. The molecule has 0 unspecified atom stereocenters. The quantitative estimate of drug-likeness (QED) is 0.577. The number of hydrogen-bond acceptors (Lipinski definition) is 1. The Labute approximate surface area is 78.8 Å². The third-order valence-corrected chi connectivity index (χ3v) is 2.50. The molecular weight excluding hydrogens is 158 g/mol. The minimum absolute atomic E-state index is 0.306. The van der Waals surface area contributed by atoms with Gasteiger partial charge in [-0.2, -0.15) is 0 Å². The van der Waals surface area contributed by atoms with Gasteiger partial charge in [0.05, 0.1) is 0 Å². The first-order valence-corrected chi connectivity index (χ1v) is 4.73. The molecule has 1 aliphatic carbocycles. The Balaban J connectivity index is 2.72. The van der Waals surface area contributed by atoms with E-state index >= 15 is 0 Å². The fraction of sp³-hybridized carbons (Fsp3) is 0.417. The van der Waals surface area contributed by atoms with Crippen LogP contribution in [0, 0.1) is 12.3 Å². The molecular formula is C12H15N. The average Bonchev–Trinajstić information content (AvgIpc) is 2.01. The number of fused-ring (bicyclic) bond motifs is 1. The van der Waals surface area contributed by atoms with Crippen LogP contribution in [-0.4, -0.2) is 4.98 Å². The third-order valence-electron chi connectivity index (χ3n) is 2.50. The van der Waals surface area contributed by atoms with E-state index in [1.807, 2.05) is 13.1 Å². The molecule has 0 spiro atoms. The Hall–Kier alpha value is -1.11. The fourth-order valence-electron chi connectivity index (χ4n) is 1.74. The molecule has 68 valence electrons. The van der Waals surface area contributed by atoms with Gasteiger partial charge in [0.2, 0.25) is 0 Å². The van der Waals surface area contributed by atoms with Crippen molar-refractivity contribution in [2.45, 2.75) is 27.2 Å². The van der Waals surface area contributed by atoms with Crippen LogP contribution in [0.5, 0.6) is 0 Å². The van der Waals surface area contributed by atoms with Gasteiger partial charge in [0.1, 0.15) is 0 Å². The number of aromatic nitrogens is 1. The Morgan fingerprint density at radius 1 is 1.31 bits per heavy atom. The first-order chi connectivity index (χ1) is 6.07. The lowest BCUT2D eigenvalue weighted by molar-refractivity contribution is 0.534. The van der Waals surface area contributed by atoms with E-state index in [1.54, 1.807) is 0 Å². The van der Waals surface area contributed by atoms with Gasteiger partial charge in [-0.1, -0.05) is 26.0 Å². The van der Waals surface area contributed by atoms with Gasteiger partial charge in [-0.25, -0.2) is 0 Å². The zero-order valence-electron chi connectivity index (χ0n) is 8.46. The van der Waals surface area contributed by atoms with E-state index in [4.69, 9.17) is 0 Å². The maximum absolute atomic E-state index is 4.29. The summed E-state index contributed by atoms with van der Waals surface area (Å²) in [6.07, 6.45) is 7.71. The van der Waals surface area contributed by atoms with Crippen LogP contribution in [0.25, 0.3) is 12.2 Å². The van der Waals surface area contributed by atoms with Crippen LogP contribution >= 0.6 is 0 Å². The van der Waals surface area contributed by atoms with Crippen LogP contribution in [0.1, 0.15) is 26.0 Å². The summed E-state index contributed by atoms with van der Waals surface area (Å²) >= 11 is 0. The molecule has 1 aromatic rings. The van der Waals surface area contributed by atoms with Crippen molar-refractivity contribution in [2.24, 2.45) is 5.41 Å². The molecule has 0 N–H and O–H groups in total. The molecule has 1 heteroatoms. The van der Waals surface area contributed by atoms with Crippen molar-refractivity contribution in [2.75, 3.05) is 0 Å². The van der Waals surface area contributed by atoms with Crippen molar-refractivity contribution in [1.29, 1.82) is 0 Å². The minimum atomic E-state index is 0.306. The summed E-state index contributed by atoms with van der Waals surface area (Å²) in [5, 5.41) is 2.62. The number of nitrogens with zero attached hydrogens (tertiary/aromatic N) is 1. The standard InChI is InChI=1S/C12H15N/c1-9-6-11-7-12(2,3)5-4-10(11)8-13-9/h4,6-8H,5H2,1-3H3. The van der Waals surface area contributed by atoms with Crippen molar-refractivity contribution >= 4 is 12.2 Å². The van der Waals surface area contributed by atoms with Crippen molar-refractivity contribution in [3.05, 3.63) is 28.4 Å². The van der Waals surface area contributed by atoms with Crippen molar-refractivity contribution in [3.63, 3.8) is 0 Å². The van der Waals surface area contributed by atoms with E-state index in [-0.39, 0.29) is 0 Å². The van der Waals surface area contributed by atoms with Crippen LogP contribution in [0.4, 0.5) is 0 Å². The molecule has 1 aliphatic rings. The topological polar surface area (TPSA) is 12.9 Å². The number of aryl methyl sites for hydroxylation is 1. The zero-order valence-corrected chi connectivity index (χ0v) is 8.46. The zero-order chi connectivity index (χ0) is 9.47. The molecule has 0 atom stereocenters. The molecule has 0 saturated heterocycles. The maximum Gasteiger partial charge on any atom is 0.0378 e. The molecule has 0 aliphatic heterocycles. The molecule has 13 heavy (non-hydrogen) atoms. The second-order valence-corrected chi connectivity index (χ2v) is 4.50. The molecule has 1 nitrogen and oxygen atoms in total. The van der Waals surface area contributed by atoms with E-state index in [0.717, 1.165) is 12.1 Å². The highest BCUT2D eigenvalue weighted by Crippen LogP contribution is 2.23. The van der Waals surface area contributed by atoms with Crippen LogP contribution in [0.15, 0.2) is 12.3 Å². The maximum atomic E-state index is 4.29. The van der Waals surface area contributed by atoms with Crippen molar-refractivity contribution in [3.8, 4) is 0 Å². The number of rotatable bonds is 0. The molecule has 0 amide bonds. The average molecular weight is 173 g/mol. The van der Waals surface area contributed by atoms with Gasteiger partial charge in [-0.3, -0.25) is 4.98 Å². The van der Waals surface area contributed by atoms with Gasteiger partial charge in [-0.05, 0) is 35.3 Å². The Morgan fingerprint density at radius 2 is 2.08 bits per heavy atom. The Bertz CT molecular complexity index is 441. The summed E-state index contributed by atoms with van der Waals surface area (Å²) in [5.74, 6) is 0. The van der Waals surface area contributed by atoms with Gasteiger partial charge in [0.15, 0.2) is 0 Å². The lowest BCUT2D eigenvalue weighted by Crippen LogP contribution is -2.32. The molecule has 0 saturated carbocycles. The number of pyridine rings is 1. The Kier molecular flexibility index (Phi) is 1.76. The molecule has 0 bridgehead atoms. The molecule has 0 radical (unpaired) electrons. The first kappa shape index (κ1) is 8.49. The van der Waals surface area contributed by atoms with E-state index in [0.29, 0.717) is 5.41 Å². The summed E-state index contributed by atoms with van der Waals surface area (Å²) in [6.45, 7) is 6.57. The highest BCUT2D eigenvalue weighted by molar-refractivity contribution is 5.43. The smallest absolute Gasteiger partial charge is 0.0378 e. The minimum Gasteiger partial charge on any atom is -0.261 e. The SMILES string of the molecule is Cc1cc2c(cn1)=CCC(C)(C)C=2. The Morgan fingerprint density at radius 3 is 2.85 bits per heavy atom. The molecule has 0 fully saturated rings. The normalized spacial score (nSPS) is 18.4. The first-order valence-electron chi connectivity index (χ1n) is 4.73. The van der Waals surface area contributed by atoms with E-state index in [9.17, 15) is 0 Å². The van der Waals surface area contributed by atoms with Crippen LogP contribution < -0.4 is 10.4 Å². The lowest BCUT2D eigenvalue weighted by Gasteiger charge is -2.20. The summed E-state index contributed by atoms with van der Waals surface area (Å²) in [6, 6.07) is 2.16. The van der Waals surface area contributed by atoms with Crippen molar-refractivity contribution < 1.29 is 0 Å². The van der Waals surface area contributed by atoms with E-state index in [1.165, 1.54) is 10.4 Å². The van der Waals surface area contributed by atoms with Gasteiger partial charge >= 0.3 is 0 Å². The van der Waals surface area contributed by atoms with Gasteiger partial charge in [0.25, 0.3) is 0 Å². The lowest BCUT2D eigenvalue weighted by atomic mass is 9.85. The summed E-state index contributed by atoms with van der Waals surface area (Å²) in [5.41, 5.74) is 1.40. The predicted molar refractivity (Wildman–Crippen MR) is 55.6 cm³/mol. The van der Waals surface area contributed by atoms with Gasteiger partial charge in [0, 0.05) is 11.9 Å². The highest BCUT2D eigenvalue weighted by Gasteiger charge is 2.14. The van der Waals surface area contributed by atoms with Gasteiger partial charge < -0.3 is 0 Å². The number of hydrogen-bond donors (Lipinski definition) is 0. The van der Waals surface area contributed by atoms with Crippen LogP contribution in [-0.2, 0) is 0 Å². The molecule has 1 heterocycles. The van der Waals surface area contributed by atoms with Gasteiger partial charge in [-0.15, -0.1) is 0 Å². The monoisotopic (exact) mass is 173 g/mol. The van der Waals surface area contributed by atoms with Crippen LogP contribution in [0.2, 0.25) is 0 Å². The summed E-state index contributed by atoms with van der Waals surface area (Å²) in [7, 11) is 0. The van der Waals surface area contributed by atoms with Crippen LogP contribution in [0.3, 0.4) is 0 Å². The molecule has 2 rings (SSSR count). The summed E-state index contributed by atoms with van der Waals surface area (Å²) in [4.78, 5) is 4.29. The third kappa shape index (κ3) is 1.64. The highest BCUT2D eigenvalue weighted by atomic mass is 14.6. The van der Waals surface area contributed by atoms with E-state index in [2.05, 4.69) is 37.0 Å². The predicted octanol–water partition coefficient (Wildman–Crippen LogP) is 1.38. The van der Waals surface area contributed by atoms with E-state index < -0.39 is 0 Å². The second kappa shape index (κ2) is 2.69. The second-order valence-electron chi connectivity index (χ2n) is 4.50. The largest absolute Gasteiger partial charge is 0.261 e. The molecule has 1 aromatic heterocycles. The molecule has 0 aromatic carbocycles.